The van der Waals surface area contributed by atoms with Gasteiger partial charge in [0.05, 0.1) is 11.6 Å². The van der Waals surface area contributed by atoms with E-state index in [1.165, 1.54) is 12.1 Å². The second kappa shape index (κ2) is 2.81. The summed E-state index contributed by atoms with van der Waals surface area (Å²) in [7, 11) is 0. The molecule has 2 N–H and O–H groups in total. The Labute approximate surface area is 71.6 Å². The monoisotopic (exact) mass is 213 g/mol. The standard InChI is InChI=1S/C7H4BrNO2/c8-7-5(10)1-4(3-9)2-6(7)11/h1-2,10-11H. The maximum atomic E-state index is 9.05. The molecule has 1 aromatic rings. The Balaban J connectivity index is 3.35. The van der Waals surface area contributed by atoms with Gasteiger partial charge in [0, 0.05) is 0 Å². The summed E-state index contributed by atoms with van der Waals surface area (Å²) in [6.07, 6.45) is 0. The van der Waals surface area contributed by atoms with Gasteiger partial charge in [-0.3, -0.25) is 0 Å². The zero-order valence-corrected chi connectivity index (χ0v) is 6.96. The summed E-state index contributed by atoms with van der Waals surface area (Å²) < 4.78 is 0.205. The quantitative estimate of drug-likeness (QED) is 0.691. The third kappa shape index (κ3) is 1.44. The molecule has 1 rings (SSSR count). The molecule has 4 heteroatoms. The number of halogens is 1. The number of aromatic hydroxyl groups is 2. The average molecular weight is 214 g/mol. The van der Waals surface area contributed by atoms with Crippen molar-refractivity contribution in [2.45, 2.75) is 0 Å². The van der Waals surface area contributed by atoms with Gasteiger partial charge in [-0.1, -0.05) is 0 Å². The third-order valence-corrected chi connectivity index (χ3v) is 1.98. The SMILES string of the molecule is N#Cc1cc(O)c(Br)c(O)c1. The molecule has 0 saturated heterocycles. The van der Waals surface area contributed by atoms with Gasteiger partial charge >= 0.3 is 0 Å². The van der Waals surface area contributed by atoms with Crippen LogP contribution < -0.4 is 0 Å². The number of phenolic OH excluding ortho intramolecular Hbond substituents is 2. The highest BCUT2D eigenvalue weighted by Gasteiger charge is 2.05. The summed E-state index contributed by atoms with van der Waals surface area (Å²) in [5.41, 5.74) is 0.225. The zero-order chi connectivity index (χ0) is 8.43. The molecule has 1 aromatic carbocycles. The third-order valence-electron chi connectivity index (χ3n) is 1.16. The molecule has 0 atom stereocenters. The molecule has 11 heavy (non-hydrogen) atoms. The number of phenols is 2. The Morgan fingerprint density at radius 2 is 1.73 bits per heavy atom. The lowest BCUT2D eigenvalue weighted by atomic mass is 10.2. The minimum Gasteiger partial charge on any atom is -0.507 e. The number of hydrogen-bond acceptors (Lipinski definition) is 3. The van der Waals surface area contributed by atoms with Crippen LogP contribution in [0.4, 0.5) is 0 Å². The molecule has 0 spiro atoms. The smallest absolute Gasteiger partial charge is 0.134 e. The molecular weight excluding hydrogens is 210 g/mol. The first kappa shape index (κ1) is 7.89. The van der Waals surface area contributed by atoms with Gasteiger partial charge < -0.3 is 10.2 Å². The molecular formula is C7H4BrNO2. The minimum atomic E-state index is -0.137. The van der Waals surface area contributed by atoms with Crippen LogP contribution in [0.15, 0.2) is 16.6 Å². The van der Waals surface area contributed by atoms with E-state index < -0.39 is 0 Å². The number of rotatable bonds is 0. The highest BCUT2D eigenvalue weighted by molar-refractivity contribution is 9.10. The molecule has 0 radical (unpaired) electrons. The Morgan fingerprint density at radius 1 is 1.27 bits per heavy atom. The van der Waals surface area contributed by atoms with E-state index in [0.717, 1.165) is 0 Å². The van der Waals surface area contributed by atoms with Crippen LogP contribution in [0.5, 0.6) is 11.5 Å². The van der Waals surface area contributed by atoms with E-state index in [9.17, 15) is 0 Å². The van der Waals surface area contributed by atoms with E-state index in [0.29, 0.717) is 0 Å². The molecule has 0 aliphatic carbocycles. The maximum Gasteiger partial charge on any atom is 0.134 e. The lowest BCUT2D eigenvalue weighted by Gasteiger charge is -1.99. The highest BCUT2D eigenvalue weighted by atomic mass is 79.9. The van der Waals surface area contributed by atoms with Gasteiger partial charge in [-0.2, -0.15) is 5.26 Å². The summed E-state index contributed by atoms with van der Waals surface area (Å²) >= 11 is 2.93. The van der Waals surface area contributed by atoms with Crippen molar-refractivity contribution in [2.24, 2.45) is 0 Å². The van der Waals surface area contributed by atoms with Gasteiger partial charge in [-0.05, 0) is 28.1 Å². The van der Waals surface area contributed by atoms with Crippen LogP contribution in [0, 0.1) is 11.3 Å². The summed E-state index contributed by atoms with van der Waals surface area (Å²) in [4.78, 5) is 0. The highest BCUT2D eigenvalue weighted by Crippen LogP contribution is 2.33. The predicted molar refractivity (Wildman–Crippen MR) is 42.2 cm³/mol. The Kier molecular flexibility index (Phi) is 2.01. The van der Waals surface area contributed by atoms with Crippen LogP contribution in [0.3, 0.4) is 0 Å². The van der Waals surface area contributed by atoms with Gasteiger partial charge in [0.15, 0.2) is 0 Å². The molecule has 56 valence electrons. The molecule has 3 nitrogen and oxygen atoms in total. The first-order chi connectivity index (χ1) is 5.15. The molecule has 0 heterocycles. The minimum absolute atomic E-state index is 0.137. The van der Waals surface area contributed by atoms with Gasteiger partial charge in [-0.25, -0.2) is 0 Å². The van der Waals surface area contributed by atoms with Crippen molar-refractivity contribution in [3.63, 3.8) is 0 Å². The van der Waals surface area contributed by atoms with Crippen LogP contribution in [0.25, 0.3) is 0 Å². The first-order valence-electron chi connectivity index (χ1n) is 2.76. The van der Waals surface area contributed by atoms with Crippen molar-refractivity contribution in [3.8, 4) is 17.6 Å². The first-order valence-corrected chi connectivity index (χ1v) is 3.56. The van der Waals surface area contributed by atoms with Crippen LogP contribution in [-0.4, -0.2) is 10.2 Å². The van der Waals surface area contributed by atoms with E-state index in [4.69, 9.17) is 15.5 Å². The second-order valence-corrected chi connectivity index (χ2v) is 2.73. The summed E-state index contributed by atoms with van der Waals surface area (Å²) in [6, 6.07) is 4.33. The fraction of sp³-hybridized carbons (Fsp3) is 0. The molecule has 0 fully saturated rings. The van der Waals surface area contributed by atoms with E-state index >= 15 is 0 Å². The fourth-order valence-electron chi connectivity index (χ4n) is 0.659. The Morgan fingerprint density at radius 3 is 2.09 bits per heavy atom. The molecule has 0 aliphatic heterocycles. The molecule has 0 amide bonds. The van der Waals surface area contributed by atoms with E-state index in [1.807, 2.05) is 0 Å². The second-order valence-electron chi connectivity index (χ2n) is 1.94. The Hall–Kier alpha value is -1.21. The Bertz CT molecular complexity index is 307. The molecule has 0 bridgehead atoms. The fourth-order valence-corrected chi connectivity index (χ4v) is 0.888. The van der Waals surface area contributed by atoms with Gasteiger partial charge in [0.25, 0.3) is 0 Å². The lowest BCUT2D eigenvalue weighted by Crippen LogP contribution is -1.76. The number of nitrogens with zero attached hydrogens (tertiary/aromatic N) is 1. The summed E-state index contributed by atoms with van der Waals surface area (Å²) in [5, 5.41) is 26.5. The summed E-state index contributed by atoms with van der Waals surface area (Å²) in [6.45, 7) is 0. The van der Waals surface area contributed by atoms with Crippen molar-refractivity contribution in [3.05, 3.63) is 22.2 Å². The van der Waals surface area contributed by atoms with Crippen LogP contribution >= 0.6 is 15.9 Å². The van der Waals surface area contributed by atoms with Crippen molar-refractivity contribution < 1.29 is 10.2 Å². The van der Waals surface area contributed by atoms with Crippen molar-refractivity contribution in [1.29, 1.82) is 5.26 Å². The van der Waals surface area contributed by atoms with E-state index in [1.54, 1.807) is 6.07 Å². The molecule has 0 unspecified atom stereocenters. The van der Waals surface area contributed by atoms with Gasteiger partial charge in [-0.15, -0.1) is 0 Å². The maximum absolute atomic E-state index is 9.05. The zero-order valence-electron chi connectivity index (χ0n) is 5.37. The van der Waals surface area contributed by atoms with Gasteiger partial charge in [0.1, 0.15) is 16.0 Å². The van der Waals surface area contributed by atoms with E-state index in [2.05, 4.69) is 15.9 Å². The summed E-state index contributed by atoms with van der Waals surface area (Å²) in [5.74, 6) is -0.275. The molecule has 0 aliphatic rings. The van der Waals surface area contributed by atoms with Crippen molar-refractivity contribution >= 4 is 15.9 Å². The number of hydrogen-bond donors (Lipinski definition) is 2. The number of nitriles is 1. The molecule has 0 aromatic heterocycles. The lowest BCUT2D eigenvalue weighted by molar-refractivity contribution is 0.444. The number of benzene rings is 1. The molecule has 0 saturated carbocycles. The van der Waals surface area contributed by atoms with Crippen LogP contribution in [-0.2, 0) is 0 Å². The topological polar surface area (TPSA) is 64.2 Å². The van der Waals surface area contributed by atoms with E-state index in [-0.39, 0.29) is 21.5 Å². The van der Waals surface area contributed by atoms with Crippen molar-refractivity contribution in [2.75, 3.05) is 0 Å². The van der Waals surface area contributed by atoms with Crippen molar-refractivity contribution in [1.82, 2.24) is 0 Å². The van der Waals surface area contributed by atoms with Crippen LogP contribution in [0.1, 0.15) is 5.56 Å². The largest absolute Gasteiger partial charge is 0.507 e. The predicted octanol–water partition coefficient (Wildman–Crippen LogP) is 1.73. The van der Waals surface area contributed by atoms with Gasteiger partial charge in [0.2, 0.25) is 0 Å². The average Bonchev–Trinajstić information content (AvgIpc) is 1.99. The van der Waals surface area contributed by atoms with Crippen LogP contribution in [0.2, 0.25) is 0 Å². The normalized spacial score (nSPS) is 9.09.